The number of fused-ring (bicyclic) bond motifs is 1. The Labute approximate surface area is 152 Å². The van der Waals surface area contributed by atoms with E-state index >= 15 is 0 Å². The molecule has 0 fully saturated rings. The first-order valence-electron chi connectivity index (χ1n) is 8.32. The summed E-state index contributed by atoms with van der Waals surface area (Å²) < 4.78 is 7.05. The fourth-order valence-electron chi connectivity index (χ4n) is 2.67. The van der Waals surface area contributed by atoms with E-state index in [9.17, 15) is 4.79 Å². The first kappa shape index (κ1) is 17.5. The molecule has 0 bridgehead atoms. The molecule has 0 saturated carbocycles. The second kappa shape index (κ2) is 6.89. The number of benzene rings is 2. The molecule has 1 amide bonds. The lowest BCUT2D eigenvalue weighted by Crippen LogP contribution is -2.28. The Hall–Kier alpha value is -3.33. The normalized spacial score (nSPS) is 11.2. The topological polar surface area (TPSA) is 79.9 Å². The van der Waals surface area contributed by atoms with Gasteiger partial charge in [-0.2, -0.15) is 10.4 Å². The summed E-state index contributed by atoms with van der Waals surface area (Å²) in [6, 6.07) is 17.3. The van der Waals surface area contributed by atoms with Crippen molar-refractivity contribution in [3.63, 3.8) is 0 Å². The molecule has 0 aliphatic carbocycles. The summed E-state index contributed by atoms with van der Waals surface area (Å²) in [5, 5.41) is 17.3. The van der Waals surface area contributed by atoms with E-state index in [0.29, 0.717) is 11.3 Å². The molecule has 6 nitrogen and oxygen atoms in total. The number of carbonyl (C=O) groups is 1. The SMILES string of the molecule is CC(C)(C)OC(=O)Nc1c2cccc(CC#N)c2nn1-c1ccccc1. The van der Waals surface area contributed by atoms with Gasteiger partial charge in [-0.15, -0.1) is 0 Å². The Bertz CT molecular complexity index is 979. The average molecular weight is 348 g/mol. The van der Waals surface area contributed by atoms with E-state index in [1.807, 2.05) is 69.3 Å². The summed E-state index contributed by atoms with van der Waals surface area (Å²) in [6.45, 7) is 5.43. The number of rotatable bonds is 3. The van der Waals surface area contributed by atoms with Crippen molar-refractivity contribution in [3.8, 4) is 11.8 Å². The maximum absolute atomic E-state index is 12.3. The van der Waals surface area contributed by atoms with Crippen LogP contribution in [0.4, 0.5) is 10.6 Å². The highest BCUT2D eigenvalue weighted by Crippen LogP contribution is 2.29. The maximum Gasteiger partial charge on any atom is 0.413 e. The number of hydrogen-bond donors (Lipinski definition) is 1. The van der Waals surface area contributed by atoms with Crippen LogP contribution in [-0.4, -0.2) is 21.5 Å². The summed E-state index contributed by atoms with van der Waals surface area (Å²) in [7, 11) is 0. The molecule has 26 heavy (non-hydrogen) atoms. The molecular weight excluding hydrogens is 328 g/mol. The monoisotopic (exact) mass is 348 g/mol. The number of aromatic nitrogens is 2. The van der Waals surface area contributed by atoms with Crippen LogP contribution in [-0.2, 0) is 11.2 Å². The smallest absolute Gasteiger partial charge is 0.413 e. The fraction of sp³-hybridized carbons (Fsp3) is 0.250. The Kier molecular flexibility index (Phi) is 4.63. The third-order valence-electron chi connectivity index (χ3n) is 3.68. The van der Waals surface area contributed by atoms with E-state index in [0.717, 1.165) is 16.6 Å². The van der Waals surface area contributed by atoms with Crippen LogP contribution in [0.5, 0.6) is 0 Å². The van der Waals surface area contributed by atoms with E-state index in [2.05, 4.69) is 16.5 Å². The van der Waals surface area contributed by atoms with Crippen molar-refractivity contribution in [1.82, 2.24) is 9.78 Å². The molecule has 3 aromatic rings. The Morgan fingerprint density at radius 2 is 1.92 bits per heavy atom. The number of para-hydroxylation sites is 1. The molecule has 0 radical (unpaired) electrons. The van der Waals surface area contributed by atoms with E-state index < -0.39 is 11.7 Å². The first-order chi connectivity index (χ1) is 12.4. The average Bonchev–Trinajstić information content (AvgIpc) is 2.94. The van der Waals surface area contributed by atoms with Gasteiger partial charge < -0.3 is 4.74 Å². The molecule has 3 rings (SSSR count). The van der Waals surface area contributed by atoms with Gasteiger partial charge in [-0.05, 0) is 44.5 Å². The first-order valence-corrected chi connectivity index (χ1v) is 8.32. The number of nitrogens with zero attached hydrogens (tertiary/aromatic N) is 3. The zero-order valence-electron chi connectivity index (χ0n) is 15.0. The van der Waals surface area contributed by atoms with Gasteiger partial charge in [-0.3, -0.25) is 5.32 Å². The number of ether oxygens (including phenoxy) is 1. The van der Waals surface area contributed by atoms with E-state index in [1.54, 1.807) is 4.68 Å². The highest BCUT2D eigenvalue weighted by Gasteiger charge is 2.21. The summed E-state index contributed by atoms with van der Waals surface area (Å²) >= 11 is 0. The summed E-state index contributed by atoms with van der Waals surface area (Å²) in [4.78, 5) is 12.3. The van der Waals surface area contributed by atoms with Crippen molar-refractivity contribution in [3.05, 3.63) is 54.1 Å². The quantitative estimate of drug-likeness (QED) is 0.759. The van der Waals surface area contributed by atoms with Crippen LogP contribution in [0.15, 0.2) is 48.5 Å². The lowest BCUT2D eigenvalue weighted by Gasteiger charge is -2.20. The van der Waals surface area contributed by atoms with Gasteiger partial charge in [0.2, 0.25) is 0 Å². The van der Waals surface area contributed by atoms with E-state index in [-0.39, 0.29) is 6.42 Å². The number of nitriles is 1. The maximum atomic E-state index is 12.3. The van der Waals surface area contributed by atoms with Crippen LogP contribution in [0.1, 0.15) is 26.3 Å². The fourth-order valence-corrected chi connectivity index (χ4v) is 2.67. The van der Waals surface area contributed by atoms with Crippen LogP contribution in [0.25, 0.3) is 16.6 Å². The Morgan fingerprint density at radius 3 is 2.58 bits per heavy atom. The number of amides is 1. The molecular formula is C20H20N4O2. The van der Waals surface area contributed by atoms with Gasteiger partial charge in [-0.1, -0.05) is 30.3 Å². The molecule has 1 N–H and O–H groups in total. The van der Waals surface area contributed by atoms with Crippen molar-refractivity contribution in [2.45, 2.75) is 32.8 Å². The van der Waals surface area contributed by atoms with E-state index in [4.69, 9.17) is 10.00 Å². The molecule has 0 aliphatic heterocycles. The Balaban J connectivity index is 2.14. The summed E-state index contributed by atoms with van der Waals surface area (Å²) in [5.74, 6) is 0.514. The van der Waals surface area contributed by atoms with Crippen molar-refractivity contribution in [1.29, 1.82) is 5.26 Å². The second-order valence-corrected chi connectivity index (χ2v) is 6.87. The van der Waals surface area contributed by atoms with Crippen LogP contribution in [0, 0.1) is 11.3 Å². The minimum absolute atomic E-state index is 0.245. The molecule has 0 unspecified atom stereocenters. The van der Waals surface area contributed by atoms with Crippen molar-refractivity contribution >= 4 is 22.8 Å². The third-order valence-corrected chi connectivity index (χ3v) is 3.68. The van der Waals surface area contributed by atoms with Gasteiger partial charge in [0.25, 0.3) is 0 Å². The molecule has 132 valence electrons. The summed E-state index contributed by atoms with van der Waals surface area (Å²) in [6.07, 6.45) is -0.308. The highest BCUT2D eigenvalue weighted by atomic mass is 16.6. The highest BCUT2D eigenvalue weighted by molar-refractivity contribution is 5.99. The number of nitrogens with one attached hydrogen (secondary N) is 1. The predicted molar refractivity (Wildman–Crippen MR) is 100 cm³/mol. The largest absolute Gasteiger partial charge is 0.444 e. The number of hydrogen-bond acceptors (Lipinski definition) is 4. The molecule has 6 heteroatoms. The molecule has 0 spiro atoms. The van der Waals surface area contributed by atoms with Gasteiger partial charge in [0.1, 0.15) is 11.4 Å². The predicted octanol–water partition coefficient (Wildman–Crippen LogP) is 4.44. The molecule has 1 aromatic heterocycles. The van der Waals surface area contributed by atoms with Crippen LogP contribution in [0.3, 0.4) is 0 Å². The number of anilines is 1. The molecule has 1 heterocycles. The molecule has 0 atom stereocenters. The van der Waals surface area contributed by atoms with Gasteiger partial charge in [-0.25, -0.2) is 9.48 Å². The number of carbonyl (C=O) groups excluding carboxylic acids is 1. The Morgan fingerprint density at radius 1 is 1.19 bits per heavy atom. The molecule has 0 aliphatic rings. The van der Waals surface area contributed by atoms with Gasteiger partial charge in [0.15, 0.2) is 0 Å². The van der Waals surface area contributed by atoms with Gasteiger partial charge in [0.05, 0.1) is 23.7 Å². The third kappa shape index (κ3) is 3.67. The van der Waals surface area contributed by atoms with Crippen LogP contribution < -0.4 is 5.32 Å². The van der Waals surface area contributed by atoms with Gasteiger partial charge >= 0.3 is 6.09 Å². The zero-order valence-corrected chi connectivity index (χ0v) is 15.0. The minimum Gasteiger partial charge on any atom is -0.444 e. The van der Waals surface area contributed by atoms with E-state index in [1.165, 1.54) is 0 Å². The lowest BCUT2D eigenvalue weighted by molar-refractivity contribution is 0.0635. The van der Waals surface area contributed by atoms with Crippen molar-refractivity contribution in [2.75, 3.05) is 5.32 Å². The standard InChI is InChI=1S/C20H20N4O2/c1-20(2,3)26-19(25)22-18-16-11-7-8-14(12-13-21)17(16)23-24(18)15-9-5-4-6-10-15/h4-11H,12H2,1-3H3,(H,22,25). The molecule has 2 aromatic carbocycles. The van der Waals surface area contributed by atoms with Crippen molar-refractivity contribution < 1.29 is 9.53 Å². The van der Waals surface area contributed by atoms with Crippen molar-refractivity contribution in [2.24, 2.45) is 0 Å². The summed E-state index contributed by atoms with van der Waals surface area (Å²) in [5.41, 5.74) is 1.69. The van der Waals surface area contributed by atoms with Crippen LogP contribution in [0.2, 0.25) is 0 Å². The van der Waals surface area contributed by atoms with Gasteiger partial charge in [0, 0.05) is 5.39 Å². The van der Waals surface area contributed by atoms with Crippen LogP contribution >= 0.6 is 0 Å². The molecule has 0 saturated heterocycles. The lowest BCUT2D eigenvalue weighted by atomic mass is 10.1. The minimum atomic E-state index is -0.608. The second-order valence-electron chi connectivity index (χ2n) is 6.87. The zero-order chi connectivity index (χ0) is 18.7.